The number of amides is 2. The normalized spacial score (nSPS) is 19.9. The zero-order valence-electron chi connectivity index (χ0n) is 17.7. The number of halogens is 3. The van der Waals surface area contributed by atoms with Crippen molar-refractivity contribution in [1.29, 1.82) is 0 Å². The molecule has 2 heterocycles. The van der Waals surface area contributed by atoms with E-state index in [-0.39, 0.29) is 19.0 Å². The maximum atomic E-state index is 13.8. The van der Waals surface area contributed by atoms with Gasteiger partial charge >= 0.3 is 6.09 Å². The van der Waals surface area contributed by atoms with Gasteiger partial charge in [0.2, 0.25) is 0 Å². The van der Waals surface area contributed by atoms with E-state index in [1.54, 1.807) is 29.3 Å². The number of anilines is 1. The number of ether oxygens (including phenoxy) is 1. The SMILES string of the molecule is O=C1OCCN1C(=O)[C@@H]1[C@@H](c2ccc(Cl)cc2)C(c2ccc(F)cc2)=NN1c1ccc(Br)cc1. The second-order valence-corrected chi connectivity index (χ2v) is 9.24. The Bertz CT molecular complexity index is 1270. The van der Waals surface area contributed by atoms with Crippen LogP contribution in [-0.4, -0.2) is 41.8 Å². The number of imide groups is 1. The number of benzene rings is 3. The summed E-state index contributed by atoms with van der Waals surface area (Å²) in [5, 5.41) is 7.02. The monoisotopic (exact) mass is 541 g/mol. The molecular weight excluding hydrogens is 525 g/mol. The summed E-state index contributed by atoms with van der Waals surface area (Å²) in [7, 11) is 0. The van der Waals surface area contributed by atoms with Gasteiger partial charge < -0.3 is 4.74 Å². The lowest BCUT2D eigenvalue weighted by Gasteiger charge is -2.29. The molecule has 2 atom stereocenters. The highest BCUT2D eigenvalue weighted by Gasteiger charge is 2.48. The first-order valence-electron chi connectivity index (χ1n) is 10.6. The lowest BCUT2D eigenvalue weighted by molar-refractivity contribution is -0.129. The molecule has 1 saturated heterocycles. The molecular formula is C25H18BrClFN3O3. The van der Waals surface area contributed by atoms with Crippen molar-refractivity contribution in [3.63, 3.8) is 0 Å². The van der Waals surface area contributed by atoms with Crippen LogP contribution in [0.3, 0.4) is 0 Å². The lowest BCUT2D eigenvalue weighted by atomic mass is 9.84. The van der Waals surface area contributed by atoms with E-state index in [9.17, 15) is 14.0 Å². The van der Waals surface area contributed by atoms with Crippen LogP contribution < -0.4 is 5.01 Å². The summed E-state index contributed by atoms with van der Waals surface area (Å²) in [5.74, 6) is -1.35. The highest BCUT2D eigenvalue weighted by Crippen LogP contribution is 2.39. The van der Waals surface area contributed by atoms with Crippen LogP contribution in [0.25, 0.3) is 0 Å². The Labute approximate surface area is 208 Å². The van der Waals surface area contributed by atoms with E-state index in [1.165, 1.54) is 12.1 Å². The summed E-state index contributed by atoms with van der Waals surface area (Å²) in [6, 6.07) is 19.6. The fraction of sp³-hybridized carbons (Fsp3) is 0.160. The smallest absolute Gasteiger partial charge is 0.416 e. The quantitative estimate of drug-likeness (QED) is 0.431. The molecule has 2 aliphatic rings. The van der Waals surface area contributed by atoms with Crippen molar-refractivity contribution < 1.29 is 18.7 Å². The van der Waals surface area contributed by atoms with Gasteiger partial charge in [0.05, 0.1) is 23.9 Å². The Balaban J connectivity index is 1.68. The van der Waals surface area contributed by atoms with E-state index < -0.39 is 24.0 Å². The summed E-state index contributed by atoms with van der Waals surface area (Å²) < 4.78 is 19.6. The maximum absolute atomic E-state index is 13.8. The summed E-state index contributed by atoms with van der Waals surface area (Å²) in [5.41, 5.74) is 2.71. The summed E-state index contributed by atoms with van der Waals surface area (Å²) in [6.45, 7) is 0.314. The van der Waals surface area contributed by atoms with E-state index >= 15 is 0 Å². The summed E-state index contributed by atoms with van der Waals surface area (Å²) >= 11 is 9.56. The number of hydrogen-bond donors (Lipinski definition) is 0. The fourth-order valence-electron chi connectivity index (χ4n) is 4.21. The van der Waals surface area contributed by atoms with E-state index in [1.807, 2.05) is 36.4 Å². The van der Waals surface area contributed by atoms with Crippen LogP contribution in [0.5, 0.6) is 0 Å². The zero-order chi connectivity index (χ0) is 23.8. The number of cyclic esters (lactones) is 1. The van der Waals surface area contributed by atoms with Crippen molar-refractivity contribution in [1.82, 2.24) is 4.90 Å². The molecule has 0 radical (unpaired) electrons. The first kappa shape index (κ1) is 22.6. The van der Waals surface area contributed by atoms with E-state index in [0.717, 1.165) is 14.9 Å². The van der Waals surface area contributed by atoms with Gasteiger partial charge in [0.1, 0.15) is 18.5 Å². The van der Waals surface area contributed by atoms with Crippen LogP contribution in [0.15, 0.2) is 82.4 Å². The number of hydrazone groups is 1. The highest BCUT2D eigenvalue weighted by molar-refractivity contribution is 9.10. The molecule has 2 amide bonds. The van der Waals surface area contributed by atoms with E-state index in [2.05, 4.69) is 15.9 Å². The molecule has 0 unspecified atom stereocenters. The van der Waals surface area contributed by atoms with Crippen molar-refractivity contribution >= 4 is 50.9 Å². The molecule has 2 aliphatic heterocycles. The van der Waals surface area contributed by atoms with Gasteiger partial charge in [0.15, 0.2) is 0 Å². The number of carbonyl (C=O) groups is 2. The van der Waals surface area contributed by atoms with Crippen molar-refractivity contribution in [2.75, 3.05) is 18.2 Å². The number of rotatable bonds is 4. The Morgan fingerprint density at radius 2 is 1.71 bits per heavy atom. The molecule has 6 nitrogen and oxygen atoms in total. The van der Waals surface area contributed by atoms with Crippen LogP contribution in [0, 0.1) is 5.82 Å². The van der Waals surface area contributed by atoms with Crippen LogP contribution in [0.4, 0.5) is 14.9 Å². The van der Waals surface area contributed by atoms with E-state index in [4.69, 9.17) is 21.4 Å². The molecule has 0 bridgehead atoms. The minimum absolute atomic E-state index is 0.146. The third-order valence-corrected chi connectivity index (χ3v) is 6.61. The molecule has 0 N–H and O–H groups in total. The Morgan fingerprint density at radius 1 is 1.03 bits per heavy atom. The zero-order valence-corrected chi connectivity index (χ0v) is 20.0. The number of hydrogen-bond acceptors (Lipinski definition) is 5. The molecule has 3 aromatic carbocycles. The third kappa shape index (κ3) is 4.19. The van der Waals surface area contributed by atoms with Gasteiger partial charge in [-0.1, -0.05) is 51.8 Å². The minimum Gasteiger partial charge on any atom is -0.447 e. The molecule has 172 valence electrons. The maximum Gasteiger partial charge on any atom is 0.416 e. The fourth-order valence-corrected chi connectivity index (χ4v) is 4.60. The van der Waals surface area contributed by atoms with Gasteiger partial charge in [-0.25, -0.2) is 14.1 Å². The van der Waals surface area contributed by atoms with Gasteiger partial charge in [0, 0.05) is 9.50 Å². The standard InChI is InChI=1S/C25H18BrClFN3O3/c26-17-5-11-20(12-6-17)31-23(24(32)30-13-14-34-25(30)33)21(15-1-7-18(27)8-2-15)22(29-31)16-3-9-19(28)10-4-16/h1-12,21,23H,13-14H2/t21-,23-/m0/s1. The number of carbonyl (C=O) groups excluding carboxylic acids is 2. The Hall–Kier alpha value is -3.23. The van der Waals surface area contributed by atoms with Gasteiger partial charge in [-0.3, -0.25) is 9.80 Å². The van der Waals surface area contributed by atoms with Crippen molar-refractivity contribution in [2.24, 2.45) is 5.10 Å². The van der Waals surface area contributed by atoms with Crippen molar-refractivity contribution in [3.05, 3.63) is 99.2 Å². The van der Waals surface area contributed by atoms with Gasteiger partial charge in [-0.05, 0) is 59.7 Å². The molecule has 0 aliphatic carbocycles. The van der Waals surface area contributed by atoms with Gasteiger partial charge in [0.25, 0.3) is 5.91 Å². The number of nitrogens with zero attached hydrogens (tertiary/aromatic N) is 3. The van der Waals surface area contributed by atoms with Crippen molar-refractivity contribution in [2.45, 2.75) is 12.0 Å². The molecule has 0 saturated carbocycles. The molecule has 1 fully saturated rings. The van der Waals surface area contributed by atoms with Gasteiger partial charge in [-0.15, -0.1) is 0 Å². The van der Waals surface area contributed by atoms with Crippen LogP contribution in [0.2, 0.25) is 5.02 Å². The Morgan fingerprint density at radius 3 is 2.32 bits per heavy atom. The molecule has 0 spiro atoms. The highest BCUT2D eigenvalue weighted by atomic mass is 79.9. The molecule has 5 rings (SSSR count). The summed E-state index contributed by atoms with van der Waals surface area (Å²) in [4.78, 5) is 27.2. The topological polar surface area (TPSA) is 62.2 Å². The van der Waals surface area contributed by atoms with Crippen LogP contribution in [-0.2, 0) is 9.53 Å². The van der Waals surface area contributed by atoms with Crippen LogP contribution >= 0.6 is 27.5 Å². The average molecular weight is 543 g/mol. The minimum atomic E-state index is -0.868. The molecule has 34 heavy (non-hydrogen) atoms. The largest absolute Gasteiger partial charge is 0.447 e. The second kappa shape index (κ2) is 9.19. The Kier molecular flexibility index (Phi) is 6.10. The molecule has 3 aromatic rings. The predicted octanol–water partition coefficient (Wildman–Crippen LogP) is 5.60. The van der Waals surface area contributed by atoms with Gasteiger partial charge in [-0.2, -0.15) is 5.10 Å². The average Bonchev–Trinajstić information content (AvgIpc) is 3.44. The van der Waals surface area contributed by atoms with E-state index in [0.29, 0.717) is 22.0 Å². The third-order valence-electron chi connectivity index (χ3n) is 5.83. The van der Waals surface area contributed by atoms with Crippen molar-refractivity contribution in [3.8, 4) is 0 Å². The first-order chi connectivity index (χ1) is 16.4. The first-order valence-corrected chi connectivity index (χ1v) is 11.7. The lowest BCUT2D eigenvalue weighted by Crippen LogP contribution is -2.48. The molecule has 0 aromatic heterocycles. The molecule has 9 heteroatoms. The summed E-state index contributed by atoms with van der Waals surface area (Å²) in [6.07, 6.45) is -0.675. The van der Waals surface area contributed by atoms with Crippen LogP contribution in [0.1, 0.15) is 17.0 Å². The predicted molar refractivity (Wildman–Crippen MR) is 131 cm³/mol. The second-order valence-electron chi connectivity index (χ2n) is 7.89.